The third-order valence-corrected chi connectivity index (χ3v) is 6.39. The number of amides is 1. The Morgan fingerprint density at radius 3 is 2.73 bits per heavy atom. The summed E-state index contributed by atoms with van der Waals surface area (Å²) in [5.74, 6) is 0.605. The van der Waals surface area contributed by atoms with Crippen LogP contribution in [0.4, 0.5) is 0 Å². The maximum absolute atomic E-state index is 12.4. The molecule has 1 aromatic rings. The second kappa shape index (κ2) is 7.94. The zero-order valence-corrected chi connectivity index (χ0v) is 16.0. The number of morpholine rings is 1. The smallest absolute Gasteiger partial charge is 0.224 e. The van der Waals surface area contributed by atoms with E-state index in [0.29, 0.717) is 19.7 Å². The van der Waals surface area contributed by atoms with Gasteiger partial charge >= 0.3 is 0 Å². The number of nitrogens with one attached hydrogen (secondary N) is 1. The average molecular weight is 382 g/mol. The van der Waals surface area contributed by atoms with Crippen molar-refractivity contribution < 1.29 is 22.7 Å². The fourth-order valence-electron chi connectivity index (χ4n) is 3.40. The van der Waals surface area contributed by atoms with Gasteiger partial charge in [-0.3, -0.25) is 4.79 Å². The number of ether oxygens (including phenoxy) is 2. The van der Waals surface area contributed by atoms with E-state index in [4.69, 9.17) is 9.47 Å². The van der Waals surface area contributed by atoms with E-state index in [1.165, 1.54) is 4.31 Å². The lowest BCUT2D eigenvalue weighted by Crippen LogP contribution is -2.49. The molecule has 1 amide bonds. The Kier molecular flexibility index (Phi) is 5.84. The summed E-state index contributed by atoms with van der Waals surface area (Å²) < 4.78 is 37.4. The Hall–Kier alpha value is -1.64. The molecule has 0 spiro atoms. The normalized spacial score (nSPS) is 23.3. The maximum Gasteiger partial charge on any atom is 0.224 e. The number of rotatable bonds is 6. The molecule has 0 radical (unpaired) electrons. The molecule has 0 aromatic heterocycles. The highest BCUT2D eigenvalue weighted by Gasteiger charge is 2.30. The molecule has 0 aliphatic carbocycles. The van der Waals surface area contributed by atoms with Gasteiger partial charge in [0.1, 0.15) is 5.75 Å². The van der Waals surface area contributed by atoms with E-state index < -0.39 is 10.0 Å². The Balaban J connectivity index is 1.47. The quantitative estimate of drug-likeness (QED) is 0.784. The van der Waals surface area contributed by atoms with Crippen LogP contribution in [-0.2, 0) is 32.4 Å². The van der Waals surface area contributed by atoms with Gasteiger partial charge in [0.2, 0.25) is 15.9 Å². The third kappa shape index (κ3) is 4.75. The molecule has 2 aliphatic heterocycles. The number of hydrogen-bond acceptors (Lipinski definition) is 5. The molecule has 8 heteroatoms. The number of sulfonamides is 1. The first kappa shape index (κ1) is 19.1. The molecule has 3 rings (SSSR count). The number of fused-ring (bicyclic) bond motifs is 1. The summed E-state index contributed by atoms with van der Waals surface area (Å²) in [6, 6.07) is 5.74. The minimum absolute atomic E-state index is 0.101. The van der Waals surface area contributed by atoms with E-state index >= 15 is 0 Å². The summed E-state index contributed by atoms with van der Waals surface area (Å²) in [7, 11) is -3.40. The van der Waals surface area contributed by atoms with Crippen LogP contribution < -0.4 is 10.1 Å². The van der Waals surface area contributed by atoms with Crippen LogP contribution in [0, 0.1) is 0 Å². The number of nitrogens with zero attached hydrogens (tertiary/aromatic N) is 1. The molecule has 0 saturated carbocycles. The Morgan fingerprint density at radius 1 is 1.27 bits per heavy atom. The van der Waals surface area contributed by atoms with Gasteiger partial charge in [0.25, 0.3) is 0 Å². The van der Waals surface area contributed by atoms with E-state index in [-0.39, 0.29) is 36.8 Å². The first-order chi connectivity index (χ1) is 12.3. The molecule has 1 aromatic carbocycles. The summed E-state index contributed by atoms with van der Waals surface area (Å²) >= 11 is 0. The first-order valence-electron chi connectivity index (χ1n) is 8.98. The number of carbonyl (C=O) groups excluding carboxylic acids is 1. The lowest BCUT2D eigenvalue weighted by atomic mass is 10.1. The van der Waals surface area contributed by atoms with E-state index in [1.54, 1.807) is 0 Å². The van der Waals surface area contributed by atoms with E-state index in [0.717, 1.165) is 23.3 Å². The third-order valence-electron chi connectivity index (χ3n) is 4.58. The first-order valence-corrected chi connectivity index (χ1v) is 10.6. The largest absolute Gasteiger partial charge is 0.493 e. The van der Waals surface area contributed by atoms with Gasteiger partial charge in [-0.1, -0.05) is 12.1 Å². The predicted molar refractivity (Wildman–Crippen MR) is 97.7 cm³/mol. The average Bonchev–Trinajstić information content (AvgIpc) is 3.01. The highest BCUT2D eigenvalue weighted by atomic mass is 32.2. The summed E-state index contributed by atoms with van der Waals surface area (Å²) in [5.41, 5.74) is 2.03. The van der Waals surface area contributed by atoms with Gasteiger partial charge in [-0.05, 0) is 31.0 Å². The molecule has 144 valence electrons. The van der Waals surface area contributed by atoms with Crippen LogP contribution in [0.2, 0.25) is 0 Å². The summed E-state index contributed by atoms with van der Waals surface area (Å²) in [4.78, 5) is 12.1. The van der Waals surface area contributed by atoms with Gasteiger partial charge in [-0.25, -0.2) is 8.42 Å². The molecular weight excluding hydrogens is 356 g/mol. The van der Waals surface area contributed by atoms with E-state index in [1.807, 2.05) is 32.0 Å². The lowest BCUT2D eigenvalue weighted by molar-refractivity contribution is -0.120. The highest BCUT2D eigenvalue weighted by molar-refractivity contribution is 7.89. The van der Waals surface area contributed by atoms with Gasteiger partial charge in [0, 0.05) is 26.1 Å². The molecule has 26 heavy (non-hydrogen) atoms. The Labute approximate surface area is 154 Å². The molecular formula is C18H26N2O5S. The van der Waals surface area contributed by atoms with Crippen LogP contribution in [0.5, 0.6) is 5.75 Å². The molecule has 2 heterocycles. The van der Waals surface area contributed by atoms with Crippen molar-refractivity contribution in [3.63, 3.8) is 0 Å². The Bertz CT molecular complexity index is 755. The van der Waals surface area contributed by atoms with Gasteiger partial charge in [0.15, 0.2) is 0 Å². The van der Waals surface area contributed by atoms with E-state index in [9.17, 15) is 13.2 Å². The number of carbonyl (C=O) groups is 1. The molecule has 7 nitrogen and oxygen atoms in total. The van der Waals surface area contributed by atoms with Gasteiger partial charge in [-0.15, -0.1) is 0 Å². The fraction of sp³-hybridized carbons (Fsp3) is 0.611. The number of hydrogen-bond donors (Lipinski definition) is 1. The minimum atomic E-state index is -3.40. The van der Waals surface area contributed by atoms with Crippen molar-refractivity contribution in [3.05, 3.63) is 29.3 Å². The summed E-state index contributed by atoms with van der Waals surface area (Å²) in [6.07, 6.45) is 0.858. The molecule has 1 N–H and O–H groups in total. The molecule has 0 bridgehead atoms. The fourth-order valence-corrected chi connectivity index (χ4v) is 4.90. The topological polar surface area (TPSA) is 84.9 Å². The summed E-state index contributed by atoms with van der Waals surface area (Å²) in [5, 5.41) is 2.71. The second-order valence-electron chi connectivity index (χ2n) is 6.96. The molecule has 2 unspecified atom stereocenters. The van der Waals surface area contributed by atoms with Crippen LogP contribution in [0.15, 0.2) is 18.2 Å². The molecule has 2 atom stereocenters. The van der Waals surface area contributed by atoms with Crippen molar-refractivity contribution in [1.82, 2.24) is 9.62 Å². The Morgan fingerprint density at radius 2 is 2.00 bits per heavy atom. The molecule has 1 fully saturated rings. The lowest BCUT2D eigenvalue weighted by Gasteiger charge is -2.34. The minimum Gasteiger partial charge on any atom is -0.493 e. The zero-order chi connectivity index (χ0) is 18.7. The van der Waals surface area contributed by atoms with Crippen molar-refractivity contribution in [2.75, 3.05) is 32.0 Å². The highest BCUT2D eigenvalue weighted by Crippen LogP contribution is 2.25. The van der Waals surface area contributed by atoms with Crippen LogP contribution in [0.25, 0.3) is 0 Å². The van der Waals surface area contributed by atoms with E-state index in [2.05, 4.69) is 5.32 Å². The van der Waals surface area contributed by atoms with Crippen molar-refractivity contribution in [3.8, 4) is 5.75 Å². The maximum atomic E-state index is 12.4. The standard InChI is InChI=1S/C18H26N2O5S/c1-13-11-20(12-14(2)25-13)26(22,23)8-6-19-18(21)10-15-3-4-17-16(9-15)5-7-24-17/h3-4,9,13-14H,5-8,10-12H2,1-2H3,(H,19,21). The van der Waals surface area contributed by atoms with Crippen LogP contribution >= 0.6 is 0 Å². The van der Waals surface area contributed by atoms with Crippen molar-refractivity contribution >= 4 is 15.9 Å². The molecule has 1 saturated heterocycles. The van der Waals surface area contributed by atoms with Gasteiger partial charge < -0.3 is 14.8 Å². The summed E-state index contributed by atoms with van der Waals surface area (Å²) in [6.45, 7) is 5.23. The van der Waals surface area contributed by atoms with Crippen molar-refractivity contribution in [2.45, 2.75) is 38.9 Å². The monoisotopic (exact) mass is 382 g/mol. The number of benzene rings is 1. The van der Waals surface area contributed by atoms with Crippen LogP contribution in [0.3, 0.4) is 0 Å². The van der Waals surface area contributed by atoms with Gasteiger partial charge in [0.05, 0.1) is 31.0 Å². The van der Waals surface area contributed by atoms with Crippen molar-refractivity contribution in [1.29, 1.82) is 0 Å². The molecule has 2 aliphatic rings. The zero-order valence-electron chi connectivity index (χ0n) is 15.2. The van der Waals surface area contributed by atoms with Crippen LogP contribution in [-0.4, -0.2) is 62.8 Å². The second-order valence-corrected chi connectivity index (χ2v) is 9.05. The predicted octanol–water partition coefficient (Wildman–Crippen LogP) is 0.719. The SMILES string of the molecule is CC1CN(S(=O)(=O)CCNC(=O)Cc2ccc3c(c2)CCO3)CC(C)O1. The van der Waals surface area contributed by atoms with Crippen molar-refractivity contribution in [2.24, 2.45) is 0 Å². The van der Waals surface area contributed by atoms with Crippen LogP contribution in [0.1, 0.15) is 25.0 Å². The van der Waals surface area contributed by atoms with Gasteiger partial charge in [-0.2, -0.15) is 4.31 Å².